The number of piperidine rings is 1. The lowest BCUT2D eigenvalue weighted by atomic mass is 9.89. The number of ether oxygens (including phenoxy) is 1. The number of amides is 1. The van der Waals surface area contributed by atoms with E-state index in [0.29, 0.717) is 24.6 Å². The molecular formula is C23H23F3N2O2. The molecule has 1 aliphatic rings. The van der Waals surface area contributed by atoms with Crippen LogP contribution in [0.15, 0.2) is 48.7 Å². The van der Waals surface area contributed by atoms with E-state index >= 15 is 0 Å². The zero-order chi connectivity index (χ0) is 21.3. The van der Waals surface area contributed by atoms with Crippen molar-refractivity contribution in [2.24, 2.45) is 0 Å². The van der Waals surface area contributed by atoms with E-state index in [1.165, 1.54) is 17.7 Å². The second-order valence-corrected chi connectivity index (χ2v) is 7.68. The van der Waals surface area contributed by atoms with Crippen molar-refractivity contribution in [2.45, 2.75) is 31.4 Å². The van der Waals surface area contributed by atoms with Gasteiger partial charge >= 0.3 is 6.18 Å². The second kappa shape index (κ2) is 8.05. The Bertz CT molecular complexity index is 1030. The highest BCUT2D eigenvalue weighted by Gasteiger charge is 2.30. The molecule has 1 fully saturated rings. The van der Waals surface area contributed by atoms with Crippen LogP contribution in [0.5, 0.6) is 5.75 Å². The molecule has 30 heavy (non-hydrogen) atoms. The van der Waals surface area contributed by atoms with Gasteiger partial charge in [0.05, 0.1) is 19.1 Å². The van der Waals surface area contributed by atoms with Crippen molar-refractivity contribution in [3.8, 4) is 5.75 Å². The zero-order valence-electron chi connectivity index (χ0n) is 16.6. The minimum atomic E-state index is -4.36. The first-order chi connectivity index (χ1) is 14.3. The van der Waals surface area contributed by atoms with Gasteiger partial charge in [0.1, 0.15) is 5.75 Å². The Balaban J connectivity index is 1.38. The van der Waals surface area contributed by atoms with E-state index in [1.807, 2.05) is 29.3 Å². The number of benzene rings is 2. The van der Waals surface area contributed by atoms with E-state index in [4.69, 9.17) is 4.74 Å². The number of aromatic nitrogens is 1. The summed E-state index contributed by atoms with van der Waals surface area (Å²) in [5, 5.41) is 1.14. The Hall–Kier alpha value is -2.96. The molecule has 0 atom stereocenters. The number of halogens is 3. The highest BCUT2D eigenvalue weighted by molar-refractivity contribution is 5.85. The number of alkyl halides is 3. The summed E-state index contributed by atoms with van der Waals surface area (Å²) in [6, 6.07) is 10.8. The van der Waals surface area contributed by atoms with E-state index in [0.717, 1.165) is 41.6 Å². The standard InChI is InChI=1S/C23H23F3N2O2/c1-30-18-6-7-21-19(13-18)20(14-27-21)16-8-10-28(11-9-16)22(29)12-15-2-4-17(5-3-15)23(24,25)26/h2-7,13-14,16,27H,8-12H2,1H3. The minimum Gasteiger partial charge on any atom is -0.497 e. The maximum absolute atomic E-state index is 12.7. The Morgan fingerprint density at radius 2 is 1.83 bits per heavy atom. The van der Waals surface area contributed by atoms with E-state index in [2.05, 4.69) is 4.98 Å². The number of hydrogen-bond acceptors (Lipinski definition) is 2. The molecule has 0 unspecified atom stereocenters. The Labute approximate surface area is 172 Å². The molecule has 1 saturated heterocycles. The Morgan fingerprint density at radius 1 is 1.13 bits per heavy atom. The monoisotopic (exact) mass is 416 g/mol. The summed E-state index contributed by atoms with van der Waals surface area (Å²) in [5.74, 6) is 1.11. The molecule has 0 bridgehead atoms. The summed E-state index contributed by atoms with van der Waals surface area (Å²) in [7, 11) is 1.65. The molecule has 2 aromatic carbocycles. The molecule has 1 aromatic heterocycles. The van der Waals surface area contributed by atoms with E-state index in [-0.39, 0.29) is 12.3 Å². The van der Waals surface area contributed by atoms with Crippen molar-refractivity contribution >= 4 is 16.8 Å². The molecular weight excluding hydrogens is 393 g/mol. The molecule has 0 spiro atoms. The highest BCUT2D eigenvalue weighted by Crippen LogP contribution is 2.35. The number of hydrogen-bond donors (Lipinski definition) is 1. The van der Waals surface area contributed by atoms with Crippen molar-refractivity contribution in [1.82, 2.24) is 9.88 Å². The third-order valence-corrected chi connectivity index (χ3v) is 5.85. The van der Waals surface area contributed by atoms with Crippen LogP contribution in [0.2, 0.25) is 0 Å². The Morgan fingerprint density at radius 3 is 2.47 bits per heavy atom. The number of nitrogens with zero attached hydrogens (tertiary/aromatic N) is 1. The number of likely N-dealkylation sites (tertiary alicyclic amines) is 1. The van der Waals surface area contributed by atoms with Gasteiger partial charge in [0.25, 0.3) is 0 Å². The number of aromatic amines is 1. The number of rotatable bonds is 4. The number of carbonyl (C=O) groups excluding carboxylic acids is 1. The lowest BCUT2D eigenvalue weighted by Crippen LogP contribution is -2.38. The molecule has 3 aromatic rings. The van der Waals surface area contributed by atoms with Gasteiger partial charge in [-0.15, -0.1) is 0 Å². The largest absolute Gasteiger partial charge is 0.497 e. The molecule has 1 amide bonds. The van der Waals surface area contributed by atoms with Crippen molar-refractivity contribution in [3.05, 3.63) is 65.4 Å². The zero-order valence-corrected chi connectivity index (χ0v) is 16.6. The summed E-state index contributed by atoms with van der Waals surface area (Å²) in [6.07, 6.45) is -0.510. The molecule has 0 saturated carbocycles. The molecule has 0 aliphatic carbocycles. The first kappa shape index (κ1) is 20.3. The predicted molar refractivity (Wildman–Crippen MR) is 109 cm³/mol. The van der Waals surface area contributed by atoms with E-state index in [9.17, 15) is 18.0 Å². The number of H-pyrrole nitrogens is 1. The SMILES string of the molecule is COc1ccc2[nH]cc(C3CCN(C(=O)Cc4ccc(C(F)(F)F)cc4)CC3)c2c1. The smallest absolute Gasteiger partial charge is 0.416 e. The fourth-order valence-corrected chi connectivity index (χ4v) is 4.12. The van der Waals surface area contributed by atoms with Crippen LogP contribution in [-0.4, -0.2) is 36.0 Å². The minimum absolute atomic E-state index is 0.0474. The molecule has 1 aliphatic heterocycles. The molecule has 4 rings (SSSR count). The van der Waals surface area contributed by atoms with Crippen LogP contribution in [-0.2, 0) is 17.4 Å². The highest BCUT2D eigenvalue weighted by atomic mass is 19.4. The van der Waals surface area contributed by atoms with Gasteiger partial charge in [-0.2, -0.15) is 13.2 Å². The van der Waals surface area contributed by atoms with Gasteiger partial charge in [0.15, 0.2) is 0 Å². The van der Waals surface area contributed by atoms with Crippen molar-refractivity contribution < 1.29 is 22.7 Å². The van der Waals surface area contributed by atoms with Gasteiger partial charge in [-0.3, -0.25) is 4.79 Å². The average Bonchev–Trinajstić information content (AvgIpc) is 3.16. The number of nitrogens with one attached hydrogen (secondary N) is 1. The summed E-state index contributed by atoms with van der Waals surface area (Å²) < 4.78 is 43.4. The van der Waals surface area contributed by atoms with Crippen molar-refractivity contribution in [1.29, 1.82) is 0 Å². The van der Waals surface area contributed by atoms with Crippen LogP contribution in [0.1, 0.15) is 35.4 Å². The number of methoxy groups -OCH3 is 1. The van der Waals surface area contributed by atoms with Crippen LogP contribution < -0.4 is 4.74 Å². The van der Waals surface area contributed by atoms with Crippen LogP contribution in [0, 0.1) is 0 Å². The van der Waals surface area contributed by atoms with Gasteiger partial charge < -0.3 is 14.6 Å². The quantitative estimate of drug-likeness (QED) is 0.640. The van der Waals surface area contributed by atoms with Crippen LogP contribution in [0.3, 0.4) is 0 Å². The molecule has 1 N–H and O–H groups in total. The second-order valence-electron chi connectivity index (χ2n) is 7.68. The van der Waals surface area contributed by atoms with Gasteiger partial charge in [-0.1, -0.05) is 12.1 Å². The van der Waals surface area contributed by atoms with Crippen LogP contribution in [0.25, 0.3) is 10.9 Å². The molecule has 0 radical (unpaired) electrons. The van der Waals surface area contributed by atoms with Gasteiger partial charge in [-0.25, -0.2) is 0 Å². The van der Waals surface area contributed by atoms with Gasteiger partial charge in [0.2, 0.25) is 5.91 Å². The molecule has 2 heterocycles. The maximum atomic E-state index is 12.7. The first-order valence-corrected chi connectivity index (χ1v) is 9.94. The van der Waals surface area contributed by atoms with E-state index < -0.39 is 11.7 Å². The molecule has 4 nitrogen and oxygen atoms in total. The van der Waals surface area contributed by atoms with E-state index in [1.54, 1.807) is 7.11 Å². The van der Waals surface area contributed by atoms with Crippen molar-refractivity contribution in [3.63, 3.8) is 0 Å². The Kier molecular flexibility index (Phi) is 5.45. The third-order valence-electron chi connectivity index (χ3n) is 5.85. The fraction of sp³-hybridized carbons (Fsp3) is 0.348. The number of carbonyl (C=O) groups is 1. The van der Waals surface area contributed by atoms with Crippen LogP contribution in [0.4, 0.5) is 13.2 Å². The summed E-state index contributed by atoms with van der Waals surface area (Å²) in [6.45, 7) is 1.28. The third kappa shape index (κ3) is 4.15. The fourth-order valence-electron chi connectivity index (χ4n) is 4.12. The normalized spacial score (nSPS) is 15.5. The summed E-state index contributed by atoms with van der Waals surface area (Å²) in [4.78, 5) is 17.7. The number of fused-ring (bicyclic) bond motifs is 1. The van der Waals surface area contributed by atoms with Gasteiger partial charge in [-0.05, 0) is 60.2 Å². The first-order valence-electron chi connectivity index (χ1n) is 9.94. The summed E-state index contributed by atoms with van der Waals surface area (Å²) in [5.41, 5.74) is 2.19. The lowest BCUT2D eigenvalue weighted by Gasteiger charge is -2.32. The molecule has 7 heteroatoms. The lowest BCUT2D eigenvalue weighted by molar-refractivity contribution is -0.137. The topological polar surface area (TPSA) is 45.3 Å². The van der Waals surface area contributed by atoms with Crippen LogP contribution >= 0.6 is 0 Å². The predicted octanol–water partition coefficient (Wildman–Crippen LogP) is 5.14. The maximum Gasteiger partial charge on any atom is 0.416 e. The van der Waals surface area contributed by atoms with Crippen molar-refractivity contribution in [2.75, 3.05) is 20.2 Å². The summed E-state index contributed by atoms with van der Waals surface area (Å²) >= 11 is 0. The average molecular weight is 416 g/mol. The van der Waals surface area contributed by atoms with Gasteiger partial charge in [0, 0.05) is 30.2 Å². The molecule has 158 valence electrons.